The molecule has 1 atom stereocenters. The van der Waals surface area contributed by atoms with Crippen LogP contribution >= 0.6 is 0 Å². The zero-order valence-corrected chi connectivity index (χ0v) is 11.9. The lowest BCUT2D eigenvalue weighted by Crippen LogP contribution is -2.22. The molecule has 1 aromatic carbocycles. The fourth-order valence-corrected chi connectivity index (χ4v) is 2.12. The second-order valence-corrected chi connectivity index (χ2v) is 5.31. The molecule has 1 heterocycles. The van der Waals surface area contributed by atoms with Gasteiger partial charge in [-0.2, -0.15) is 0 Å². The molecule has 0 radical (unpaired) electrons. The molecular weight excluding hydrogens is 256 g/mol. The van der Waals surface area contributed by atoms with E-state index < -0.39 is 0 Å². The van der Waals surface area contributed by atoms with Crippen LogP contribution in [0.5, 0.6) is 5.75 Å². The lowest BCUT2D eigenvalue weighted by Gasteiger charge is -2.11. The summed E-state index contributed by atoms with van der Waals surface area (Å²) in [7, 11) is 4.00. The molecule has 1 aliphatic rings. The highest BCUT2D eigenvalue weighted by molar-refractivity contribution is 6.03. The number of likely N-dealkylation sites (N-methyl/N-ethyl adjacent to an activating group) is 1. The average Bonchev–Trinajstić information content (AvgIpc) is 2.69. The minimum atomic E-state index is -0.233. The van der Waals surface area contributed by atoms with Gasteiger partial charge in [0.1, 0.15) is 12.4 Å². The predicted molar refractivity (Wildman–Crippen MR) is 75.5 cm³/mol. The number of imide groups is 1. The topological polar surface area (TPSA) is 58.6 Å². The van der Waals surface area contributed by atoms with Gasteiger partial charge in [0.15, 0.2) is 0 Å². The van der Waals surface area contributed by atoms with Crippen molar-refractivity contribution in [2.45, 2.75) is 12.8 Å². The molecule has 20 heavy (non-hydrogen) atoms. The third-order valence-electron chi connectivity index (χ3n) is 3.28. The first-order valence-corrected chi connectivity index (χ1v) is 6.75. The summed E-state index contributed by atoms with van der Waals surface area (Å²) in [6, 6.07) is 7.70. The van der Waals surface area contributed by atoms with E-state index in [0.717, 1.165) is 17.9 Å². The first kappa shape index (κ1) is 14.5. The maximum Gasteiger partial charge on any atom is 0.230 e. The Balaban J connectivity index is 1.85. The van der Waals surface area contributed by atoms with Crippen LogP contribution in [0.25, 0.3) is 0 Å². The molecule has 0 bridgehead atoms. The number of rotatable bonds is 6. The zero-order valence-electron chi connectivity index (χ0n) is 11.9. The molecule has 5 heteroatoms. The molecule has 108 valence electrons. The Bertz CT molecular complexity index is 482. The van der Waals surface area contributed by atoms with Gasteiger partial charge in [-0.25, -0.2) is 0 Å². The normalized spacial score (nSPS) is 18.4. The molecule has 0 aliphatic carbocycles. The first-order chi connectivity index (χ1) is 9.54. The van der Waals surface area contributed by atoms with Crippen LogP contribution < -0.4 is 10.1 Å². The van der Waals surface area contributed by atoms with Crippen molar-refractivity contribution < 1.29 is 14.3 Å². The van der Waals surface area contributed by atoms with Gasteiger partial charge in [0.25, 0.3) is 0 Å². The summed E-state index contributed by atoms with van der Waals surface area (Å²) in [6.07, 6.45) is 0.884. The van der Waals surface area contributed by atoms with Crippen LogP contribution in [-0.4, -0.2) is 44.0 Å². The first-order valence-electron chi connectivity index (χ1n) is 6.75. The van der Waals surface area contributed by atoms with Crippen molar-refractivity contribution in [2.24, 2.45) is 5.92 Å². The van der Waals surface area contributed by atoms with Gasteiger partial charge in [-0.05, 0) is 38.2 Å². The van der Waals surface area contributed by atoms with Crippen molar-refractivity contribution in [1.82, 2.24) is 10.2 Å². The van der Waals surface area contributed by atoms with Crippen molar-refractivity contribution in [1.29, 1.82) is 0 Å². The zero-order chi connectivity index (χ0) is 14.5. The smallest absolute Gasteiger partial charge is 0.230 e. The van der Waals surface area contributed by atoms with E-state index in [0.29, 0.717) is 19.4 Å². The van der Waals surface area contributed by atoms with Crippen molar-refractivity contribution in [3.05, 3.63) is 29.8 Å². The summed E-state index contributed by atoms with van der Waals surface area (Å²) in [5.74, 6) is 0.246. The maximum atomic E-state index is 11.5. The summed E-state index contributed by atoms with van der Waals surface area (Å²) in [5, 5.41) is 2.33. The second-order valence-electron chi connectivity index (χ2n) is 5.31. The van der Waals surface area contributed by atoms with Crippen molar-refractivity contribution >= 4 is 11.8 Å². The van der Waals surface area contributed by atoms with Crippen LogP contribution in [0.1, 0.15) is 12.0 Å². The minimum Gasteiger partial charge on any atom is -0.492 e. The summed E-state index contributed by atoms with van der Waals surface area (Å²) in [5.41, 5.74) is 1.04. The van der Waals surface area contributed by atoms with E-state index in [4.69, 9.17) is 4.74 Å². The number of nitrogens with zero attached hydrogens (tertiary/aromatic N) is 1. The Morgan fingerprint density at radius 1 is 1.25 bits per heavy atom. The fraction of sp³-hybridized carbons (Fsp3) is 0.467. The molecule has 2 amide bonds. The third-order valence-corrected chi connectivity index (χ3v) is 3.28. The number of hydrogen-bond acceptors (Lipinski definition) is 4. The number of nitrogens with one attached hydrogen (secondary N) is 1. The Hall–Kier alpha value is -1.88. The largest absolute Gasteiger partial charge is 0.492 e. The van der Waals surface area contributed by atoms with Crippen LogP contribution in [-0.2, 0) is 16.0 Å². The van der Waals surface area contributed by atoms with Crippen LogP contribution in [0.15, 0.2) is 24.3 Å². The van der Waals surface area contributed by atoms with Crippen LogP contribution in [0.3, 0.4) is 0 Å². The van der Waals surface area contributed by atoms with Crippen molar-refractivity contribution in [3.63, 3.8) is 0 Å². The Kier molecular flexibility index (Phi) is 4.74. The van der Waals surface area contributed by atoms with E-state index in [1.165, 1.54) is 0 Å². The van der Waals surface area contributed by atoms with Crippen LogP contribution in [0.4, 0.5) is 0 Å². The number of carbonyl (C=O) groups is 2. The van der Waals surface area contributed by atoms with Gasteiger partial charge < -0.3 is 9.64 Å². The quantitative estimate of drug-likeness (QED) is 0.782. The van der Waals surface area contributed by atoms with E-state index in [2.05, 4.69) is 10.2 Å². The highest BCUT2D eigenvalue weighted by atomic mass is 16.5. The van der Waals surface area contributed by atoms with Crippen molar-refractivity contribution in [3.8, 4) is 5.75 Å². The van der Waals surface area contributed by atoms with Crippen LogP contribution in [0, 0.1) is 5.92 Å². The van der Waals surface area contributed by atoms with Gasteiger partial charge in [0, 0.05) is 13.0 Å². The van der Waals surface area contributed by atoms with E-state index in [9.17, 15) is 9.59 Å². The van der Waals surface area contributed by atoms with Gasteiger partial charge in [-0.1, -0.05) is 12.1 Å². The average molecular weight is 276 g/mol. The standard InChI is InChI=1S/C15H20N2O3/c1-17(2)7-8-20-13-5-3-11(4-6-13)9-12-10-14(18)16-15(12)19/h3-6,12H,7-10H2,1-2H3,(H,16,18,19). The Morgan fingerprint density at radius 2 is 1.95 bits per heavy atom. The Morgan fingerprint density at radius 3 is 2.50 bits per heavy atom. The molecule has 1 N–H and O–H groups in total. The van der Waals surface area contributed by atoms with E-state index in [-0.39, 0.29) is 17.7 Å². The highest BCUT2D eigenvalue weighted by Gasteiger charge is 2.30. The number of benzene rings is 1. The number of ether oxygens (including phenoxy) is 1. The summed E-state index contributed by atoms with van der Waals surface area (Å²) < 4.78 is 5.60. The van der Waals surface area contributed by atoms with Gasteiger partial charge >= 0.3 is 0 Å². The predicted octanol–water partition coefficient (Wildman–Crippen LogP) is 0.832. The van der Waals surface area contributed by atoms with Crippen molar-refractivity contribution in [2.75, 3.05) is 27.2 Å². The maximum absolute atomic E-state index is 11.5. The fourth-order valence-electron chi connectivity index (χ4n) is 2.12. The van der Waals surface area contributed by atoms with Gasteiger partial charge in [0.05, 0.1) is 5.92 Å². The van der Waals surface area contributed by atoms with Crippen LogP contribution in [0.2, 0.25) is 0 Å². The highest BCUT2D eigenvalue weighted by Crippen LogP contribution is 2.19. The molecule has 1 saturated heterocycles. The van der Waals surface area contributed by atoms with E-state index >= 15 is 0 Å². The molecular formula is C15H20N2O3. The molecule has 1 fully saturated rings. The van der Waals surface area contributed by atoms with E-state index in [1.54, 1.807) is 0 Å². The molecule has 1 aromatic rings. The third kappa shape index (κ3) is 4.06. The SMILES string of the molecule is CN(C)CCOc1ccc(CC2CC(=O)NC2=O)cc1. The molecule has 0 spiro atoms. The summed E-state index contributed by atoms with van der Waals surface area (Å²) >= 11 is 0. The lowest BCUT2D eigenvalue weighted by atomic mass is 9.98. The monoisotopic (exact) mass is 276 g/mol. The number of amides is 2. The number of hydrogen-bond donors (Lipinski definition) is 1. The lowest BCUT2D eigenvalue weighted by molar-refractivity contribution is -0.125. The molecule has 0 saturated carbocycles. The summed E-state index contributed by atoms with van der Waals surface area (Å²) in [6.45, 7) is 1.51. The summed E-state index contributed by atoms with van der Waals surface area (Å²) in [4.78, 5) is 24.7. The molecule has 2 rings (SSSR count). The number of carbonyl (C=O) groups excluding carboxylic acids is 2. The van der Waals surface area contributed by atoms with Gasteiger partial charge in [0.2, 0.25) is 11.8 Å². The molecule has 5 nitrogen and oxygen atoms in total. The van der Waals surface area contributed by atoms with E-state index in [1.807, 2.05) is 38.4 Å². The van der Waals surface area contributed by atoms with Gasteiger partial charge in [-0.15, -0.1) is 0 Å². The molecule has 0 aromatic heterocycles. The Labute approximate surface area is 118 Å². The minimum absolute atomic E-state index is 0.165. The molecule has 1 unspecified atom stereocenters. The molecule has 1 aliphatic heterocycles. The second kappa shape index (κ2) is 6.52. The van der Waals surface area contributed by atoms with Gasteiger partial charge in [-0.3, -0.25) is 14.9 Å².